The number of amides is 1. The summed E-state index contributed by atoms with van der Waals surface area (Å²) in [5, 5.41) is 3.03. The second kappa shape index (κ2) is 9.99. The van der Waals surface area contributed by atoms with Gasteiger partial charge in [0, 0.05) is 12.0 Å². The van der Waals surface area contributed by atoms with E-state index < -0.39 is 5.41 Å². The van der Waals surface area contributed by atoms with Gasteiger partial charge in [0.25, 0.3) is 0 Å². The molecule has 1 amide bonds. The van der Waals surface area contributed by atoms with Crippen LogP contribution in [0.3, 0.4) is 0 Å². The van der Waals surface area contributed by atoms with Crippen LogP contribution in [0.2, 0.25) is 0 Å². The fraction of sp³-hybridized carbons (Fsp3) is 0.462. The Kier molecular flexibility index (Phi) is 7.37. The molecule has 0 aliphatic carbocycles. The summed E-state index contributed by atoms with van der Waals surface area (Å²) in [6.07, 6.45) is 1.93. The highest BCUT2D eigenvalue weighted by Gasteiger charge is 2.21. The lowest BCUT2D eigenvalue weighted by molar-refractivity contribution is -0.128. The van der Waals surface area contributed by atoms with Gasteiger partial charge >= 0.3 is 0 Å². The normalized spacial score (nSPS) is 11.8. The lowest BCUT2D eigenvalue weighted by Crippen LogP contribution is -2.35. The highest BCUT2D eigenvalue weighted by atomic mass is 16.5. The van der Waals surface area contributed by atoms with Gasteiger partial charge in [-0.15, -0.1) is 0 Å². The predicted molar refractivity (Wildman–Crippen MR) is 126 cm³/mol. The van der Waals surface area contributed by atoms with Crippen LogP contribution < -0.4 is 10.1 Å². The molecule has 0 aliphatic rings. The number of rotatable bonds is 9. The van der Waals surface area contributed by atoms with Crippen LogP contribution in [0.1, 0.15) is 64.8 Å². The Morgan fingerprint density at radius 3 is 2.52 bits per heavy atom. The molecule has 5 heteroatoms. The zero-order chi connectivity index (χ0) is 22.4. The second-order valence-electron chi connectivity index (χ2n) is 9.35. The van der Waals surface area contributed by atoms with Crippen LogP contribution in [0.4, 0.5) is 0 Å². The van der Waals surface area contributed by atoms with Crippen molar-refractivity contribution in [3.05, 3.63) is 59.9 Å². The van der Waals surface area contributed by atoms with E-state index in [0.29, 0.717) is 19.1 Å². The van der Waals surface area contributed by atoms with E-state index in [4.69, 9.17) is 9.72 Å². The molecule has 0 saturated carbocycles. The van der Waals surface area contributed by atoms with E-state index in [1.165, 1.54) is 5.56 Å². The summed E-state index contributed by atoms with van der Waals surface area (Å²) in [6, 6.07) is 16.4. The van der Waals surface area contributed by atoms with Crippen LogP contribution in [0, 0.1) is 5.41 Å². The predicted octanol–water partition coefficient (Wildman–Crippen LogP) is 5.68. The molecule has 3 aromatic rings. The van der Waals surface area contributed by atoms with Gasteiger partial charge in [-0.05, 0) is 42.5 Å². The van der Waals surface area contributed by atoms with Gasteiger partial charge in [-0.2, -0.15) is 0 Å². The van der Waals surface area contributed by atoms with Crippen LogP contribution in [0.5, 0.6) is 5.75 Å². The lowest BCUT2D eigenvalue weighted by Gasteiger charge is -2.18. The molecule has 1 heterocycles. The number of carbonyl (C=O) groups excluding carboxylic acids is 1. The van der Waals surface area contributed by atoms with Gasteiger partial charge in [-0.1, -0.05) is 65.0 Å². The number of nitrogens with one attached hydrogen (secondary N) is 1. The molecular formula is C26H35N3O2. The van der Waals surface area contributed by atoms with Gasteiger partial charge in [0.1, 0.15) is 11.6 Å². The van der Waals surface area contributed by atoms with Crippen LogP contribution in [-0.4, -0.2) is 22.1 Å². The molecule has 0 saturated heterocycles. The first kappa shape index (κ1) is 22.9. The number of imidazole rings is 1. The molecule has 2 aromatic carbocycles. The number of carbonyl (C=O) groups is 1. The molecule has 5 nitrogen and oxygen atoms in total. The molecular weight excluding hydrogens is 386 g/mol. The number of fused-ring (bicyclic) bond motifs is 1. The molecule has 0 unspecified atom stereocenters. The highest BCUT2D eigenvalue weighted by molar-refractivity contribution is 5.81. The van der Waals surface area contributed by atoms with Gasteiger partial charge in [-0.25, -0.2) is 4.98 Å². The smallest absolute Gasteiger partial charge is 0.225 e. The Hall–Kier alpha value is -2.82. The maximum atomic E-state index is 12.3. The number of unbranched alkanes of at least 4 members (excludes halogenated alkanes) is 1. The van der Waals surface area contributed by atoms with E-state index >= 15 is 0 Å². The molecule has 166 valence electrons. The van der Waals surface area contributed by atoms with Crippen LogP contribution in [0.25, 0.3) is 11.0 Å². The van der Waals surface area contributed by atoms with Crippen molar-refractivity contribution in [1.82, 2.24) is 14.9 Å². The van der Waals surface area contributed by atoms with Crippen molar-refractivity contribution < 1.29 is 9.53 Å². The van der Waals surface area contributed by atoms with E-state index in [9.17, 15) is 4.79 Å². The quantitative estimate of drug-likeness (QED) is 0.452. The number of para-hydroxylation sites is 3. The van der Waals surface area contributed by atoms with Crippen molar-refractivity contribution in [2.75, 3.05) is 6.61 Å². The topological polar surface area (TPSA) is 56.1 Å². The Balaban J connectivity index is 1.61. The standard InChI is InChI=1S/C26H35N3O2/c1-19(2)20-12-6-9-15-23(20)31-17-11-10-16-29-22-14-8-7-13-21(22)28-24(29)18-27-25(30)26(3,4)5/h6-9,12-15,19H,10-11,16-18H2,1-5H3,(H,27,30). The first-order chi connectivity index (χ1) is 14.8. The van der Waals surface area contributed by atoms with Gasteiger partial charge in [0.15, 0.2) is 0 Å². The zero-order valence-electron chi connectivity index (χ0n) is 19.4. The van der Waals surface area contributed by atoms with Crippen molar-refractivity contribution in [2.45, 2.75) is 66.5 Å². The maximum absolute atomic E-state index is 12.3. The molecule has 1 N–H and O–H groups in total. The summed E-state index contributed by atoms with van der Waals surface area (Å²) >= 11 is 0. The average Bonchev–Trinajstić information content (AvgIpc) is 3.08. The van der Waals surface area contributed by atoms with E-state index in [2.05, 4.69) is 48.0 Å². The number of aromatic nitrogens is 2. The third-order valence-corrected chi connectivity index (χ3v) is 5.40. The van der Waals surface area contributed by atoms with Gasteiger partial charge in [0.05, 0.1) is 24.2 Å². The molecule has 0 bridgehead atoms. The van der Waals surface area contributed by atoms with Crippen LogP contribution >= 0.6 is 0 Å². The van der Waals surface area contributed by atoms with Crippen molar-refractivity contribution in [3.63, 3.8) is 0 Å². The molecule has 0 fully saturated rings. The van der Waals surface area contributed by atoms with Crippen molar-refractivity contribution in [3.8, 4) is 5.75 Å². The van der Waals surface area contributed by atoms with E-state index in [-0.39, 0.29) is 5.91 Å². The summed E-state index contributed by atoms with van der Waals surface area (Å²) in [7, 11) is 0. The number of ether oxygens (including phenoxy) is 1. The number of hydrogen-bond acceptors (Lipinski definition) is 3. The van der Waals surface area contributed by atoms with E-state index in [1.807, 2.05) is 45.0 Å². The zero-order valence-corrected chi connectivity index (χ0v) is 19.4. The molecule has 0 aliphatic heterocycles. The maximum Gasteiger partial charge on any atom is 0.225 e. The largest absolute Gasteiger partial charge is 0.493 e. The average molecular weight is 422 g/mol. The minimum atomic E-state index is -0.416. The summed E-state index contributed by atoms with van der Waals surface area (Å²) < 4.78 is 8.29. The minimum Gasteiger partial charge on any atom is -0.493 e. The van der Waals surface area contributed by atoms with Crippen molar-refractivity contribution in [2.24, 2.45) is 5.41 Å². The van der Waals surface area contributed by atoms with Gasteiger partial charge in [0.2, 0.25) is 5.91 Å². The summed E-state index contributed by atoms with van der Waals surface area (Å²) in [5.74, 6) is 2.35. The molecule has 0 spiro atoms. The fourth-order valence-electron chi connectivity index (χ4n) is 3.58. The van der Waals surface area contributed by atoms with E-state index in [0.717, 1.165) is 42.0 Å². The number of aryl methyl sites for hydroxylation is 1. The Morgan fingerprint density at radius 2 is 1.77 bits per heavy atom. The lowest BCUT2D eigenvalue weighted by atomic mass is 9.96. The van der Waals surface area contributed by atoms with Crippen LogP contribution in [0.15, 0.2) is 48.5 Å². The molecule has 31 heavy (non-hydrogen) atoms. The Bertz CT molecular complexity index is 1010. The van der Waals surface area contributed by atoms with Crippen molar-refractivity contribution in [1.29, 1.82) is 0 Å². The Morgan fingerprint density at radius 1 is 1.06 bits per heavy atom. The third kappa shape index (κ3) is 5.87. The van der Waals surface area contributed by atoms with E-state index in [1.54, 1.807) is 0 Å². The second-order valence-corrected chi connectivity index (χ2v) is 9.35. The molecule has 1 aromatic heterocycles. The summed E-state index contributed by atoms with van der Waals surface area (Å²) in [6.45, 7) is 12.1. The third-order valence-electron chi connectivity index (χ3n) is 5.40. The van der Waals surface area contributed by atoms with Gasteiger partial charge < -0.3 is 14.6 Å². The summed E-state index contributed by atoms with van der Waals surface area (Å²) in [4.78, 5) is 17.1. The monoisotopic (exact) mass is 421 g/mol. The molecule has 0 radical (unpaired) electrons. The first-order valence-electron chi connectivity index (χ1n) is 11.2. The summed E-state index contributed by atoms with van der Waals surface area (Å²) in [5.41, 5.74) is 2.90. The number of benzene rings is 2. The highest BCUT2D eigenvalue weighted by Crippen LogP contribution is 2.26. The molecule has 0 atom stereocenters. The number of hydrogen-bond donors (Lipinski definition) is 1. The van der Waals surface area contributed by atoms with Crippen molar-refractivity contribution >= 4 is 16.9 Å². The molecule has 3 rings (SSSR count). The minimum absolute atomic E-state index is 0.0309. The number of nitrogens with zero attached hydrogens (tertiary/aromatic N) is 2. The fourth-order valence-corrected chi connectivity index (χ4v) is 3.58. The van der Waals surface area contributed by atoms with Crippen LogP contribution in [-0.2, 0) is 17.9 Å². The first-order valence-corrected chi connectivity index (χ1v) is 11.2. The van der Waals surface area contributed by atoms with Gasteiger partial charge in [-0.3, -0.25) is 4.79 Å². The Labute approximate surface area is 185 Å². The SMILES string of the molecule is CC(C)c1ccccc1OCCCCn1c(CNC(=O)C(C)(C)C)nc2ccccc21.